The molecule has 0 atom stereocenters. The molecule has 3 heteroatoms. The van der Waals surface area contributed by atoms with E-state index in [4.69, 9.17) is 0 Å². The first-order valence-electron chi connectivity index (χ1n) is 6.31. The molecular weight excluding hydrogens is 215 g/mol. The Bertz CT molecular complexity index is 333. The highest BCUT2D eigenvalue weighted by Crippen LogP contribution is 2.15. The maximum absolute atomic E-state index is 13.3. The Balaban J connectivity index is 0.000000686. The van der Waals surface area contributed by atoms with Crippen LogP contribution in [0.15, 0.2) is 18.2 Å². The van der Waals surface area contributed by atoms with Crippen molar-refractivity contribution >= 4 is 0 Å². The molecule has 0 aliphatic carbocycles. The Morgan fingerprint density at radius 3 is 2.41 bits per heavy atom. The van der Waals surface area contributed by atoms with Crippen molar-refractivity contribution in [1.82, 2.24) is 4.90 Å². The number of piperidine rings is 1. The third-order valence-electron chi connectivity index (χ3n) is 3.09. The second-order valence-electron chi connectivity index (χ2n) is 4.42. The summed E-state index contributed by atoms with van der Waals surface area (Å²) in [6, 6.07) is 5.57. The molecule has 1 aliphatic heterocycles. The molecule has 2 rings (SSSR count). The number of halogens is 1. The van der Waals surface area contributed by atoms with E-state index in [1.807, 2.05) is 12.1 Å². The SMILES string of the molecule is CN.Cc1ccc(CN2CCCCC2)cc1F. The summed E-state index contributed by atoms with van der Waals surface area (Å²) < 4.78 is 13.3. The van der Waals surface area contributed by atoms with Gasteiger partial charge in [-0.1, -0.05) is 18.6 Å². The predicted octanol–water partition coefficient (Wildman–Crippen LogP) is 2.69. The average Bonchev–Trinajstić information content (AvgIpc) is 2.38. The molecule has 0 aromatic heterocycles. The zero-order valence-corrected chi connectivity index (χ0v) is 10.9. The van der Waals surface area contributed by atoms with E-state index in [1.54, 1.807) is 13.0 Å². The molecule has 1 aromatic carbocycles. The molecular formula is C14H23FN2. The molecule has 1 saturated heterocycles. The van der Waals surface area contributed by atoms with Crippen LogP contribution in [0.5, 0.6) is 0 Å². The van der Waals surface area contributed by atoms with E-state index in [0.29, 0.717) is 0 Å². The highest BCUT2D eigenvalue weighted by molar-refractivity contribution is 5.23. The molecule has 1 aliphatic rings. The van der Waals surface area contributed by atoms with Crippen molar-refractivity contribution in [3.05, 3.63) is 35.1 Å². The van der Waals surface area contributed by atoms with E-state index in [9.17, 15) is 4.39 Å². The van der Waals surface area contributed by atoms with Gasteiger partial charge in [0.15, 0.2) is 0 Å². The monoisotopic (exact) mass is 238 g/mol. The van der Waals surface area contributed by atoms with Crippen molar-refractivity contribution in [2.75, 3.05) is 20.1 Å². The highest BCUT2D eigenvalue weighted by Gasteiger charge is 2.10. The normalized spacial score (nSPS) is 16.2. The van der Waals surface area contributed by atoms with Crippen molar-refractivity contribution in [2.45, 2.75) is 32.7 Å². The Morgan fingerprint density at radius 2 is 1.82 bits per heavy atom. The fraction of sp³-hybridized carbons (Fsp3) is 0.571. The van der Waals surface area contributed by atoms with Gasteiger partial charge < -0.3 is 5.73 Å². The van der Waals surface area contributed by atoms with Crippen LogP contribution in [-0.2, 0) is 6.54 Å². The third-order valence-corrected chi connectivity index (χ3v) is 3.09. The van der Waals surface area contributed by atoms with Gasteiger partial charge in [-0.25, -0.2) is 4.39 Å². The Morgan fingerprint density at radius 1 is 1.18 bits per heavy atom. The lowest BCUT2D eigenvalue weighted by molar-refractivity contribution is 0.220. The maximum Gasteiger partial charge on any atom is 0.126 e. The molecule has 0 radical (unpaired) electrons. The first kappa shape index (κ1) is 14.1. The van der Waals surface area contributed by atoms with E-state index in [0.717, 1.165) is 30.8 Å². The molecule has 0 unspecified atom stereocenters. The average molecular weight is 238 g/mol. The van der Waals surface area contributed by atoms with Crippen molar-refractivity contribution in [1.29, 1.82) is 0 Å². The van der Waals surface area contributed by atoms with Crippen LogP contribution in [0.4, 0.5) is 4.39 Å². The Kier molecular flexibility index (Phi) is 6.16. The first-order chi connectivity index (χ1) is 8.25. The van der Waals surface area contributed by atoms with Crippen LogP contribution in [-0.4, -0.2) is 25.0 Å². The van der Waals surface area contributed by atoms with Gasteiger partial charge in [0.2, 0.25) is 0 Å². The zero-order valence-electron chi connectivity index (χ0n) is 10.9. The molecule has 0 amide bonds. The number of nitrogens with two attached hydrogens (primary N) is 1. The lowest BCUT2D eigenvalue weighted by Crippen LogP contribution is -2.29. The standard InChI is InChI=1S/C13H18FN.CH5N/c1-11-5-6-12(9-13(11)14)10-15-7-3-2-4-8-15;1-2/h5-6,9H,2-4,7-8,10H2,1H3;2H2,1H3. The van der Waals surface area contributed by atoms with Crippen molar-refractivity contribution in [2.24, 2.45) is 5.73 Å². The number of hydrogen-bond donors (Lipinski definition) is 1. The number of nitrogens with zero attached hydrogens (tertiary/aromatic N) is 1. The van der Waals surface area contributed by atoms with Gasteiger partial charge in [-0.3, -0.25) is 4.90 Å². The van der Waals surface area contributed by atoms with Crippen LogP contribution in [0, 0.1) is 12.7 Å². The number of benzene rings is 1. The van der Waals surface area contributed by atoms with Gasteiger partial charge in [0, 0.05) is 6.54 Å². The van der Waals surface area contributed by atoms with E-state index in [-0.39, 0.29) is 5.82 Å². The second-order valence-corrected chi connectivity index (χ2v) is 4.42. The summed E-state index contributed by atoms with van der Waals surface area (Å²) in [5.74, 6) is -0.0792. The molecule has 2 nitrogen and oxygen atoms in total. The molecule has 0 spiro atoms. The van der Waals surface area contributed by atoms with Gasteiger partial charge in [-0.05, 0) is 57.1 Å². The summed E-state index contributed by atoms with van der Waals surface area (Å²) in [6.45, 7) is 5.03. The minimum atomic E-state index is -0.0792. The molecule has 0 saturated carbocycles. The quantitative estimate of drug-likeness (QED) is 0.858. The molecule has 1 aromatic rings. The van der Waals surface area contributed by atoms with Crippen LogP contribution >= 0.6 is 0 Å². The van der Waals surface area contributed by atoms with E-state index >= 15 is 0 Å². The van der Waals surface area contributed by atoms with Crippen molar-refractivity contribution in [3.8, 4) is 0 Å². The maximum atomic E-state index is 13.3. The Hall–Kier alpha value is -0.930. The van der Waals surface area contributed by atoms with E-state index in [1.165, 1.54) is 26.3 Å². The Labute approximate surface area is 104 Å². The van der Waals surface area contributed by atoms with Gasteiger partial charge in [0.05, 0.1) is 0 Å². The van der Waals surface area contributed by atoms with E-state index in [2.05, 4.69) is 10.6 Å². The number of hydrogen-bond acceptors (Lipinski definition) is 2. The second kappa shape index (κ2) is 7.41. The van der Waals surface area contributed by atoms with Gasteiger partial charge in [0.1, 0.15) is 5.82 Å². The largest absolute Gasteiger partial charge is 0.333 e. The molecule has 2 N–H and O–H groups in total. The van der Waals surface area contributed by atoms with Gasteiger partial charge >= 0.3 is 0 Å². The van der Waals surface area contributed by atoms with Crippen LogP contribution in [0.25, 0.3) is 0 Å². The minimum absolute atomic E-state index is 0.0792. The smallest absolute Gasteiger partial charge is 0.126 e. The van der Waals surface area contributed by atoms with Crippen LogP contribution < -0.4 is 5.73 Å². The number of rotatable bonds is 2. The topological polar surface area (TPSA) is 29.3 Å². The number of likely N-dealkylation sites (tertiary alicyclic amines) is 1. The van der Waals surface area contributed by atoms with Gasteiger partial charge in [-0.2, -0.15) is 0 Å². The molecule has 96 valence electrons. The van der Waals surface area contributed by atoms with Crippen molar-refractivity contribution < 1.29 is 4.39 Å². The van der Waals surface area contributed by atoms with Crippen LogP contribution in [0.3, 0.4) is 0 Å². The summed E-state index contributed by atoms with van der Waals surface area (Å²) in [5, 5.41) is 0. The first-order valence-corrected chi connectivity index (χ1v) is 6.31. The van der Waals surface area contributed by atoms with Gasteiger partial charge in [0.25, 0.3) is 0 Å². The summed E-state index contributed by atoms with van der Waals surface area (Å²) in [6.07, 6.45) is 3.92. The van der Waals surface area contributed by atoms with Crippen molar-refractivity contribution in [3.63, 3.8) is 0 Å². The number of aryl methyl sites for hydroxylation is 1. The minimum Gasteiger partial charge on any atom is -0.333 e. The molecule has 1 fully saturated rings. The lowest BCUT2D eigenvalue weighted by Gasteiger charge is -2.26. The zero-order chi connectivity index (χ0) is 12.7. The summed E-state index contributed by atoms with van der Waals surface area (Å²) in [4.78, 5) is 2.41. The molecule has 0 bridgehead atoms. The summed E-state index contributed by atoms with van der Waals surface area (Å²) in [5.41, 5.74) is 6.33. The van der Waals surface area contributed by atoms with E-state index < -0.39 is 0 Å². The lowest BCUT2D eigenvalue weighted by atomic mass is 10.1. The third kappa shape index (κ3) is 4.44. The van der Waals surface area contributed by atoms with Crippen LogP contribution in [0.1, 0.15) is 30.4 Å². The summed E-state index contributed by atoms with van der Waals surface area (Å²) in [7, 11) is 1.50. The van der Waals surface area contributed by atoms with Crippen LogP contribution in [0.2, 0.25) is 0 Å². The highest BCUT2D eigenvalue weighted by atomic mass is 19.1. The van der Waals surface area contributed by atoms with Gasteiger partial charge in [-0.15, -0.1) is 0 Å². The molecule has 17 heavy (non-hydrogen) atoms. The summed E-state index contributed by atoms with van der Waals surface area (Å²) >= 11 is 0. The fourth-order valence-corrected chi connectivity index (χ4v) is 2.11. The fourth-order valence-electron chi connectivity index (χ4n) is 2.11. The molecule has 1 heterocycles. The predicted molar refractivity (Wildman–Crippen MR) is 70.4 cm³/mol.